The predicted octanol–water partition coefficient (Wildman–Crippen LogP) is 2.47. The van der Waals surface area contributed by atoms with Crippen molar-refractivity contribution in [3.63, 3.8) is 0 Å². The van der Waals surface area contributed by atoms with Crippen molar-refractivity contribution in [1.82, 2.24) is 5.32 Å². The van der Waals surface area contributed by atoms with Crippen molar-refractivity contribution in [2.45, 2.75) is 12.5 Å². The van der Waals surface area contributed by atoms with Crippen LogP contribution in [0.2, 0.25) is 0 Å². The maximum Gasteiger partial charge on any atom is 0.316 e. The van der Waals surface area contributed by atoms with E-state index >= 15 is 0 Å². The van der Waals surface area contributed by atoms with E-state index in [9.17, 15) is 22.4 Å². The molecule has 0 aliphatic heterocycles. The van der Waals surface area contributed by atoms with Crippen molar-refractivity contribution in [3.8, 4) is 0 Å². The molecule has 0 spiro atoms. The number of aliphatic carboxylic acids is 1. The van der Waals surface area contributed by atoms with E-state index in [0.29, 0.717) is 5.56 Å². The van der Waals surface area contributed by atoms with Gasteiger partial charge in [0, 0.05) is 5.56 Å². The minimum atomic E-state index is -2.60. The third-order valence-corrected chi connectivity index (χ3v) is 3.60. The van der Waals surface area contributed by atoms with Crippen molar-refractivity contribution in [2.75, 3.05) is 0 Å². The van der Waals surface area contributed by atoms with Crippen LogP contribution in [0.25, 0.3) is 0 Å². The Morgan fingerprint density at radius 2 is 1.84 bits per heavy atom. The lowest BCUT2D eigenvalue weighted by Gasteiger charge is -2.17. The van der Waals surface area contributed by atoms with Gasteiger partial charge in [-0.3, -0.25) is 9.59 Å². The second kappa shape index (κ2) is 8.15. The van der Waals surface area contributed by atoms with E-state index in [1.807, 2.05) is 0 Å². The lowest BCUT2D eigenvalue weighted by molar-refractivity contribution is -0.137. The zero-order valence-corrected chi connectivity index (χ0v) is 13.5. The molecule has 2 rings (SSSR count). The third-order valence-electron chi connectivity index (χ3n) is 3.24. The summed E-state index contributed by atoms with van der Waals surface area (Å²) in [6.07, 6.45) is -0.419. The maximum absolute atomic E-state index is 13.4. The molecular formula is C16H13FN2O5S. The number of carbonyl (C=O) groups excluding carboxylic acids is 1. The normalized spacial score (nSPS) is 11.4. The molecule has 0 bridgehead atoms. The number of hydrogen-bond donors (Lipinski definition) is 2. The third kappa shape index (κ3) is 5.50. The summed E-state index contributed by atoms with van der Waals surface area (Å²) in [7, 11) is -2.60. The number of rotatable bonds is 6. The summed E-state index contributed by atoms with van der Waals surface area (Å²) in [6.45, 7) is 0. The van der Waals surface area contributed by atoms with Crippen molar-refractivity contribution >= 4 is 28.1 Å². The second-order valence-corrected chi connectivity index (χ2v) is 5.65. The minimum Gasteiger partial charge on any atom is -0.481 e. The van der Waals surface area contributed by atoms with E-state index in [4.69, 9.17) is 5.11 Å². The smallest absolute Gasteiger partial charge is 0.316 e. The van der Waals surface area contributed by atoms with Gasteiger partial charge in [-0.25, -0.2) is 4.39 Å². The molecule has 7 nitrogen and oxygen atoms in total. The maximum atomic E-state index is 13.4. The number of amides is 1. The standard InChI is InChI=1S/C16H13FN2O5S/c17-12-3-1-2-11(8-12)14(9-15(20)21)18-16(22)10-4-6-13(7-5-10)19-25(23)24/h1-8,14H,9H2,(H,18,22)(H,20,21). The van der Waals surface area contributed by atoms with Crippen LogP contribution in [0.4, 0.5) is 10.1 Å². The molecule has 2 aromatic rings. The molecule has 0 saturated heterocycles. The fourth-order valence-electron chi connectivity index (χ4n) is 2.15. The van der Waals surface area contributed by atoms with Crippen LogP contribution >= 0.6 is 0 Å². The molecule has 2 aromatic carbocycles. The highest BCUT2D eigenvalue weighted by molar-refractivity contribution is 7.61. The van der Waals surface area contributed by atoms with E-state index in [-0.39, 0.29) is 11.3 Å². The van der Waals surface area contributed by atoms with Gasteiger partial charge < -0.3 is 10.4 Å². The second-order valence-electron chi connectivity index (χ2n) is 5.03. The summed E-state index contributed by atoms with van der Waals surface area (Å²) in [5.41, 5.74) is 0.656. The minimum absolute atomic E-state index is 0.150. The van der Waals surface area contributed by atoms with Gasteiger partial charge in [0.2, 0.25) is 0 Å². The highest BCUT2D eigenvalue weighted by Crippen LogP contribution is 2.19. The first-order chi connectivity index (χ1) is 11.8. The Morgan fingerprint density at radius 3 is 2.40 bits per heavy atom. The van der Waals surface area contributed by atoms with Gasteiger partial charge in [-0.05, 0) is 42.0 Å². The average Bonchev–Trinajstić information content (AvgIpc) is 2.54. The van der Waals surface area contributed by atoms with Crippen LogP contribution in [0, 0.1) is 5.82 Å². The van der Waals surface area contributed by atoms with Crippen molar-refractivity contribution in [1.29, 1.82) is 0 Å². The fraction of sp³-hybridized carbons (Fsp3) is 0.125. The zero-order chi connectivity index (χ0) is 18.4. The molecular weight excluding hydrogens is 351 g/mol. The van der Waals surface area contributed by atoms with Crippen molar-refractivity contribution < 1.29 is 27.5 Å². The summed E-state index contributed by atoms with van der Waals surface area (Å²) in [5.74, 6) is -2.27. The molecule has 25 heavy (non-hydrogen) atoms. The number of nitrogens with zero attached hydrogens (tertiary/aromatic N) is 1. The molecule has 0 aliphatic carbocycles. The van der Waals surface area contributed by atoms with Gasteiger partial charge in [-0.15, -0.1) is 4.36 Å². The summed E-state index contributed by atoms with van der Waals surface area (Å²) in [6, 6.07) is 9.75. The summed E-state index contributed by atoms with van der Waals surface area (Å²) >= 11 is 0. The van der Waals surface area contributed by atoms with E-state index < -0.39 is 40.7 Å². The monoisotopic (exact) mass is 364 g/mol. The molecule has 0 aromatic heterocycles. The molecule has 130 valence electrons. The Hall–Kier alpha value is -3.07. The first-order valence-electron chi connectivity index (χ1n) is 7.04. The highest BCUT2D eigenvalue weighted by atomic mass is 32.2. The number of carboxylic acids is 1. The first-order valence-corrected chi connectivity index (χ1v) is 8.07. The number of nitrogens with one attached hydrogen (secondary N) is 1. The van der Waals surface area contributed by atoms with Crippen molar-refractivity contribution in [2.24, 2.45) is 4.36 Å². The van der Waals surface area contributed by atoms with Gasteiger partial charge in [0.25, 0.3) is 5.91 Å². The molecule has 0 saturated carbocycles. The predicted molar refractivity (Wildman–Crippen MR) is 86.3 cm³/mol. The molecule has 0 aliphatic rings. The van der Waals surface area contributed by atoms with Crippen LogP contribution in [0.15, 0.2) is 52.9 Å². The van der Waals surface area contributed by atoms with Crippen LogP contribution in [0.1, 0.15) is 28.4 Å². The van der Waals surface area contributed by atoms with Gasteiger partial charge in [0.05, 0.1) is 18.2 Å². The first kappa shape index (κ1) is 18.3. The lowest BCUT2D eigenvalue weighted by Crippen LogP contribution is -2.30. The molecule has 0 heterocycles. The van der Waals surface area contributed by atoms with Gasteiger partial charge in [0.15, 0.2) is 0 Å². The molecule has 1 unspecified atom stereocenters. The van der Waals surface area contributed by atoms with Crippen LogP contribution in [0.3, 0.4) is 0 Å². The average molecular weight is 364 g/mol. The molecule has 1 atom stereocenters. The van der Waals surface area contributed by atoms with Gasteiger partial charge in [-0.2, -0.15) is 8.42 Å². The molecule has 0 fully saturated rings. The summed E-state index contributed by atoms with van der Waals surface area (Å²) < 4.78 is 37.6. The lowest BCUT2D eigenvalue weighted by atomic mass is 10.0. The number of halogens is 1. The van der Waals surface area contributed by atoms with Gasteiger partial charge in [0.1, 0.15) is 5.82 Å². The largest absolute Gasteiger partial charge is 0.481 e. The van der Waals surface area contributed by atoms with Gasteiger partial charge >= 0.3 is 16.5 Å². The number of benzene rings is 2. The Kier molecular flexibility index (Phi) is 5.96. The quantitative estimate of drug-likeness (QED) is 0.817. The summed E-state index contributed by atoms with van der Waals surface area (Å²) in [5, 5.41) is 11.5. The van der Waals surface area contributed by atoms with E-state index in [2.05, 4.69) is 9.68 Å². The van der Waals surface area contributed by atoms with E-state index in [1.54, 1.807) is 0 Å². The Balaban J connectivity index is 2.21. The molecule has 0 radical (unpaired) electrons. The van der Waals surface area contributed by atoms with Crippen LogP contribution in [0.5, 0.6) is 0 Å². The Labute approximate surface area is 143 Å². The van der Waals surface area contributed by atoms with Gasteiger partial charge in [-0.1, -0.05) is 12.1 Å². The fourth-order valence-corrected chi connectivity index (χ4v) is 2.45. The molecule has 2 N–H and O–H groups in total. The Morgan fingerprint density at radius 1 is 1.16 bits per heavy atom. The number of carboxylic acid groups (broad SMARTS) is 1. The number of hydrogen-bond acceptors (Lipinski definition) is 5. The van der Waals surface area contributed by atoms with Crippen LogP contribution in [-0.2, 0) is 15.3 Å². The SMILES string of the molecule is O=C(O)CC(NC(=O)c1ccc(N=S(=O)=O)cc1)c1cccc(F)c1. The van der Waals surface area contributed by atoms with E-state index in [1.165, 1.54) is 42.5 Å². The van der Waals surface area contributed by atoms with Crippen LogP contribution in [-0.4, -0.2) is 25.4 Å². The Bertz CT molecular complexity index is 918. The number of carbonyl (C=O) groups is 2. The highest BCUT2D eigenvalue weighted by Gasteiger charge is 2.19. The van der Waals surface area contributed by atoms with E-state index in [0.717, 1.165) is 6.07 Å². The summed E-state index contributed by atoms with van der Waals surface area (Å²) in [4.78, 5) is 23.3. The zero-order valence-electron chi connectivity index (χ0n) is 12.7. The topological polar surface area (TPSA) is 113 Å². The molecule has 9 heteroatoms. The molecule has 1 amide bonds. The van der Waals surface area contributed by atoms with Crippen molar-refractivity contribution in [3.05, 3.63) is 65.5 Å². The van der Waals surface area contributed by atoms with Crippen LogP contribution < -0.4 is 5.32 Å².